The predicted octanol–water partition coefficient (Wildman–Crippen LogP) is 2.80. The zero-order valence-electron chi connectivity index (χ0n) is 9.40. The molecule has 0 spiro atoms. The molecule has 0 aliphatic heterocycles. The Bertz CT molecular complexity index is 532. The number of fused-ring (bicyclic) bond motifs is 3. The van der Waals surface area contributed by atoms with Crippen LogP contribution in [0.2, 0.25) is 0 Å². The minimum absolute atomic E-state index is 1.02. The lowest BCUT2D eigenvalue weighted by Crippen LogP contribution is -2.08. The number of aryl methyl sites for hydroxylation is 3. The summed E-state index contributed by atoms with van der Waals surface area (Å²) in [4.78, 5) is 9.01. The summed E-state index contributed by atoms with van der Waals surface area (Å²) < 4.78 is 0. The van der Waals surface area contributed by atoms with E-state index in [0.29, 0.717) is 0 Å². The first-order chi connectivity index (χ1) is 7.88. The molecule has 1 aliphatic carbocycles. The van der Waals surface area contributed by atoms with Crippen LogP contribution in [0.4, 0.5) is 0 Å². The van der Waals surface area contributed by atoms with Crippen molar-refractivity contribution in [1.29, 1.82) is 0 Å². The minimum atomic E-state index is 1.02. The van der Waals surface area contributed by atoms with Crippen LogP contribution >= 0.6 is 0 Å². The monoisotopic (exact) mass is 210 g/mol. The second-order valence-corrected chi connectivity index (χ2v) is 4.19. The Kier molecular flexibility index (Phi) is 2.21. The Morgan fingerprint density at radius 2 is 1.94 bits per heavy atom. The summed E-state index contributed by atoms with van der Waals surface area (Å²) in [5, 5.41) is 0. The van der Waals surface area contributed by atoms with E-state index in [0.717, 1.165) is 19.3 Å². The molecule has 0 bridgehead atoms. The summed E-state index contributed by atoms with van der Waals surface area (Å²) in [5.41, 5.74) is 6.29. The van der Waals surface area contributed by atoms with Crippen molar-refractivity contribution < 1.29 is 0 Å². The third-order valence-corrected chi connectivity index (χ3v) is 3.21. The quantitative estimate of drug-likeness (QED) is 0.723. The highest BCUT2D eigenvalue weighted by Crippen LogP contribution is 2.31. The molecule has 16 heavy (non-hydrogen) atoms. The molecule has 2 aromatic rings. The van der Waals surface area contributed by atoms with Crippen LogP contribution in [-0.4, -0.2) is 9.97 Å². The first kappa shape index (κ1) is 9.52. The molecule has 3 rings (SSSR count). The first-order valence-electron chi connectivity index (χ1n) is 5.80. The fourth-order valence-electron chi connectivity index (χ4n) is 2.28. The summed E-state index contributed by atoms with van der Waals surface area (Å²) >= 11 is 0. The topological polar surface area (TPSA) is 25.8 Å². The van der Waals surface area contributed by atoms with Gasteiger partial charge in [0.15, 0.2) is 0 Å². The van der Waals surface area contributed by atoms with Gasteiger partial charge in [-0.15, -0.1) is 0 Å². The smallest absolute Gasteiger partial charge is 0.0486 e. The first-order valence-corrected chi connectivity index (χ1v) is 5.80. The molecule has 1 aliphatic rings. The van der Waals surface area contributed by atoms with Gasteiger partial charge in [-0.05, 0) is 37.0 Å². The van der Waals surface area contributed by atoms with Gasteiger partial charge < -0.3 is 0 Å². The summed E-state index contributed by atoms with van der Waals surface area (Å²) in [5.74, 6) is 0. The number of aromatic nitrogens is 2. The van der Waals surface area contributed by atoms with E-state index < -0.39 is 0 Å². The molecular formula is C14H14N2. The van der Waals surface area contributed by atoms with Crippen molar-refractivity contribution in [3.63, 3.8) is 0 Å². The highest BCUT2D eigenvalue weighted by atomic mass is 14.7. The zero-order chi connectivity index (χ0) is 11.0. The highest BCUT2D eigenvalue weighted by molar-refractivity contribution is 5.70. The molecule has 0 radical (unpaired) electrons. The van der Waals surface area contributed by atoms with Crippen LogP contribution in [0.3, 0.4) is 0 Å². The molecule has 2 heterocycles. The summed E-state index contributed by atoms with van der Waals surface area (Å²) in [7, 11) is 0. The lowest BCUT2D eigenvalue weighted by Gasteiger charge is -2.18. The second-order valence-electron chi connectivity index (χ2n) is 4.19. The molecule has 0 saturated carbocycles. The molecule has 2 heteroatoms. The molecule has 0 fully saturated rings. The summed E-state index contributed by atoms with van der Waals surface area (Å²) in [6, 6.07) is 6.43. The van der Waals surface area contributed by atoms with Gasteiger partial charge in [0.25, 0.3) is 0 Å². The molecule has 2 nitrogen and oxygen atoms in total. The van der Waals surface area contributed by atoms with Gasteiger partial charge in [-0.3, -0.25) is 9.97 Å². The normalized spacial score (nSPS) is 13.1. The van der Waals surface area contributed by atoms with Crippen LogP contribution in [0.15, 0.2) is 30.6 Å². The van der Waals surface area contributed by atoms with E-state index in [4.69, 9.17) is 0 Å². The Morgan fingerprint density at radius 1 is 1.12 bits per heavy atom. The SMILES string of the molecule is CCc1cnc2c(c1)-c1cccnc1CC2. The number of nitrogens with zero attached hydrogens (tertiary/aromatic N) is 2. The van der Waals surface area contributed by atoms with Crippen LogP contribution in [0.5, 0.6) is 0 Å². The van der Waals surface area contributed by atoms with E-state index in [1.807, 2.05) is 18.5 Å². The molecule has 0 amide bonds. The van der Waals surface area contributed by atoms with Gasteiger partial charge in [-0.1, -0.05) is 13.0 Å². The van der Waals surface area contributed by atoms with Crippen molar-refractivity contribution in [2.24, 2.45) is 0 Å². The molecule has 0 saturated heterocycles. The third-order valence-electron chi connectivity index (χ3n) is 3.21. The zero-order valence-corrected chi connectivity index (χ0v) is 9.40. The third kappa shape index (κ3) is 1.42. The van der Waals surface area contributed by atoms with E-state index in [1.165, 1.54) is 28.1 Å². The standard InChI is InChI=1S/C14H14N2/c1-2-10-8-12-11-4-3-7-15-13(11)5-6-14(12)16-9-10/h3-4,7-9H,2,5-6H2,1H3. The van der Waals surface area contributed by atoms with Gasteiger partial charge in [-0.25, -0.2) is 0 Å². The predicted molar refractivity (Wildman–Crippen MR) is 64.3 cm³/mol. The molecule has 0 unspecified atom stereocenters. The molecule has 0 aromatic carbocycles. The minimum Gasteiger partial charge on any atom is -0.261 e. The van der Waals surface area contributed by atoms with E-state index in [-0.39, 0.29) is 0 Å². The fraction of sp³-hybridized carbons (Fsp3) is 0.286. The van der Waals surface area contributed by atoms with Gasteiger partial charge in [0.1, 0.15) is 0 Å². The lowest BCUT2D eigenvalue weighted by atomic mass is 9.91. The molecule has 80 valence electrons. The van der Waals surface area contributed by atoms with E-state index >= 15 is 0 Å². The van der Waals surface area contributed by atoms with E-state index in [1.54, 1.807) is 0 Å². The van der Waals surface area contributed by atoms with Crippen LogP contribution in [0, 0.1) is 0 Å². The van der Waals surface area contributed by atoms with Crippen molar-refractivity contribution in [2.75, 3.05) is 0 Å². The average molecular weight is 210 g/mol. The van der Waals surface area contributed by atoms with Crippen molar-refractivity contribution in [3.05, 3.63) is 47.5 Å². The largest absolute Gasteiger partial charge is 0.261 e. The maximum absolute atomic E-state index is 4.56. The highest BCUT2D eigenvalue weighted by Gasteiger charge is 2.17. The van der Waals surface area contributed by atoms with Crippen LogP contribution < -0.4 is 0 Å². The Balaban J connectivity index is 2.22. The van der Waals surface area contributed by atoms with Gasteiger partial charge in [-0.2, -0.15) is 0 Å². The maximum atomic E-state index is 4.56. The fourth-order valence-corrected chi connectivity index (χ4v) is 2.28. The molecular weight excluding hydrogens is 196 g/mol. The van der Waals surface area contributed by atoms with Crippen LogP contribution in [-0.2, 0) is 19.3 Å². The maximum Gasteiger partial charge on any atom is 0.0486 e. The molecule has 2 aromatic heterocycles. The number of hydrogen-bond donors (Lipinski definition) is 0. The second kappa shape index (κ2) is 3.71. The van der Waals surface area contributed by atoms with Crippen molar-refractivity contribution >= 4 is 0 Å². The van der Waals surface area contributed by atoms with Crippen LogP contribution in [0.1, 0.15) is 23.9 Å². The Labute approximate surface area is 95.4 Å². The lowest BCUT2D eigenvalue weighted by molar-refractivity contribution is 0.857. The Morgan fingerprint density at radius 3 is 2.75 bits per heavy atom. The summed E-state index contributed by atoms with van der Waals surface area (Å²) in [6.45, 7) is 2.16. The van der Waals surface area contributed by atoms with Gasteiger partial charge in [0.2, 0.25) is 0 Å². The van der Waals surface area contributed by atoms with Gasteiger partial charge in [0, 0.05) is 34.9 Å². The van der Waals surface area contributed by atoms with Crippen molar-refractivity contribution in [3.8, 4) is 11.1 Å². The molecule has 0 atom stereocenters. The van der Waals surface area contributed by atoms with Crippen LogP contribution in [0.25, 0.3) is 11.1 Å². The number of hydrogen-bond acceptors (Lipinski definition) is 2. The van der Waals surface area contributed by atoms with E-state index in [2.05, 4.69) is 29.0 Å². The summed E-state index contributed by atoms with van der Waals surface area (Å²) in [6.07, 6.45) is 6.95. The number of pyridine rings is 2. The molecule has 0 N–H and O–H groups in total. The van der Waals surface area contributed by atoms with Gasteiger partial charge in [0.05, 0.1) is 0 Å². The Hall–Kier alpha value is -1.70. The average Bonchev–Trinajstić information content (AvgIpc) is 2.38. The van der Waals surface area contributed by atoms with Gasteiger partial charge >= 0.3 is 0 Å². The van der Waals surface area contributed by atoms with E-state index in [9.17, 15) is 0 Å². The van der Waals surface area contributed by atoms with Crippen molar-refractivity contribution in [1.82, 2.24) is 9.97 Å². The van der Waals surface area contributed by atoms with Crippen molar-refractivity contribution in [2.45, 2.75) is 26.2 Å². The number of rotatable bonds is 1.